The fraction of sp³-hybridized carbons (Fsp3) is 0.235. The van der Waals surface area contributed by atoms with Gasteiger partial charge in [0, 0.05) is 12.8 Å². The number of benzene rings is 2. The number of Topliss-reactive ketones (excluding diaryl/α,β-unsaturated/α-hetero) is 1. The maximum Gasteiger partial charge on any atom is 0.139 e. The van der Waals surface area contributed by atoms with Crippen LogP contribution in [0.5, 0.6) is 0 Å². The van der Waals surface area contributed by atoms with E-state index in [1.807, 2.05) is 60.7 Å². The van der Waals surface area contributed by atoms with Crippen LogP contribution >= 0.6 is 0 Å². The van der Waals surface area contributed by atoms with Gasteiger partial charge < -0.3 is 4.74 Å². The molecule has 0 unspecified atom stereocenters. The molecule has 0 saturated heterocycles. The maximum absolute atomic E-state index is 11.7. The SMILES string of the molecule is O=C(CCOCc1ccccc1)Cc1ccccc1. The Morgan fingerprint density at radius 3 is 2.05 bits per heavy atom. The minimum absolute atomic E-state index is 0.222. The fourth-order valence-corrected chi connectivity index (χ4v) is 1.86. The van der Waals surface area contributed by atoms with Gasteiger partial charge in [-0.15, -0.1) is 0 Å². The first-order valence-corrected chi connectivity index (χ1v) is 6.52. The molecule has 0 N–H and O–H groups in total. The van der Waals surface area contributed by atoms with E-state index in [-0.39, 0.29) is 5.78 Å². The molecule has 2 nitrogen and oxygen atoms in total. The number of carbonyl (C=O) groups excluding carboxylic acids is 1. The quantitative estimate of drug-likeness (QED) is 0.708. The first-order valence-electron chi connectivity index (χ1n) is 6.52. The highest BCUT2D eigenvalue weighted by molar-refractivity contribution is 5.80. The van der Waals surface area contributed by atoms with Crippen molar-refractivity contribution >= 4 is 5.78 Å². The topological polar surface area (TPSA) is 26.3 Å². The molecule has 0 spiro atoms. The minimum Gasteiger partial charge on any atom is -0.376 e. The molecule has 0 radical (unpaired) electrons. The predicted octanol–water partition coefficient (Wildman–Crippen LogP) is 3.41. The molecule has 0 amide bonds. The van der Waals surface area contributed by atoms with Gasteiger partial charge in [-0.2, -0.15) is 0 Å². The van der Waals surface area contributed by atoms with Crippen molar-refractivity contribution < 1.29 is 9.53 Å². The molecule has 0 heterocycles. The van der Waals surface area contributed by atoms with Crippen LogP contribution in [-0.4, -0.2) is 12.4 Å². The van der Waals surface area contributed by atoms with Gasteiger partial charge in [0.1, 0.15) is 5.78 Å². The molecule has 0 aliphatic carbocycles. The number of rotatable bonds is 7. The van der Waals surface area contributed by atoms with Gasteiger partial charge in [0.25, 0.3) is 0 Å². The first-order chi connectivity index (χ1) is 9.34. The maximum atomic E-state index is 11.7. The Labute approximate surface area is 114 Å². The summed E-state index contributed by atoms with van der Waals surface area (Å²) in [5.74, 6) is 0.222. The second-order valence-electron chi connectivity index (χ2n) is 4.49. The van der Waals surface area contributed by atoms with Crippen LogP contribution in [0.2, 0.25) is 0 Å². The molecular weight excluding hydrogens is 236 g/mol. The van der Waals surface area contributed by atoms with Crippen LogP contribution < -0.4 is 0 Å². The number of hydrogen-bond acceptors (Lipinski definition) is 2. The van der Waals surface area contributed by atoms with Gasteiger partial charge in [-0.05, 0) is 11.1 Å². The summed E-state index contributed by atoms with van der Waals surface area (Å²) >= 11 is 0. The molecule has 2 aromatic carbocycles. The Kier molecular flexibility index (Phi) is 5.32. The smallest absolute Gasteiger partial charge is 0.139 e. The van der Waals surface area contributed by atoms with E-state index in [2.05, 4.69) is 0 Å². The first kappa shape index (κ1) is 13.5. The second-order valence-corrected chi connectivity index (χ2v) is 4.49. The lowest BCUT2D eigenvalue weighted by Gasteiger charge is -2.04. The van der Waals surface area contributed by atoms with Gasteiger partial charge in [0.2, 0.25) is 0 Å². The zero-order valence-electron chi connectivity index (χ0n) is 10.9. The standard InChI is InChI=1S/C17H18O2/c18-17(13-15-7-3-1-4-8-15)11-12-19-14-16-9-5-2-6-10-16/h1-10H,11-14H2. The third kappa shape index (κ3) is 5.06. The van der Waals surface area contributed by atoms with E-state index in [1.165, 1.54) is 0 Å². The molecule has 0 bridgehead atoms. The van der Waals surface area contributed by atoms with Crippen LogP contribution in [0.15, 0.2) is 60.7 Å². The van der Waals surface area contributed by atoms with E-state index >= 15 is 0 Å². The highest BCUT2D eigenvalue weighted by Crippen LogP contribution is 2.04. The lowest BCUT2D eigenvalue weighted by atomic mass is 10.1. The summed E-state index contributed by atoms with van der Waals surface area (Å²) in [6, 6.07) is 19.8. The molecular formula is C17H18O2. The van der Waals surface area contributed by atoms with Gasteiger partial charge in [-0.3, -0.25) is 4.79 Å². The van der Waals surface area contributed by atoms with Gasteiger partial charge in [0.05, 0.1) is 13.2 Å². The van der Waals surface area contributed by atoms with Crippen LogP contribution in [0.1, 0.15) is 17.5 Å². The summed E-state index contributed by atoms with van der Waals surface area (Å²) in [6.07, 6.45) is 0.970. The summed E-state index contributed by atoms with van der Waals surface area (Å²) < 4.78 is 5.51. The van der Waals surface area contributed by atoms with E-state index in [0.717, 1.165) is 11.1 Å². The largest absolute Gasteiger partial charge is 0.376 e. The average Bonchev–Trinajstić information content (AvgIpc) is 2.46. The van der Waals surface area contributed by atoms with Crippen LogP contribution in [0.4, 0.5) is 0 Å². The van der Waals surface area contributed by atoms with Crippen molar-refractivity contribution in [2.75, 3.05) is 6.61 Å². The van der Waals surface area contributed by atoms with Crippen LogP contribution in [-0.2, 0) is 22.6 Å². The summed E-state index contributed by atoms with van der Waals surface area (Å²) in [4.78, 5) is 11.7. The van der Waals surface area contributed by atoms with Crippen molar-refractivity contribution in [3.63, 3.8) is 0 Å². The van der Waals surface area contributed by atoms with E-state index in [9.17, 15) is 4.79 Å². The number of ketones is 1. The van der Waals surface area contributed by atoms with E-state index in [0.29, 0.717) is 26.1 Å². The Balaban J connectivity index is 1.65. The van der Waals surface area contributed by atoms with Gasteiger partial charge in [-0.25, -0.2) is 0 Å². The zero-order chi connectivity index (χ0) is 13.3. The molecule has 0 fully saturated rings. The average molecular weight is 254 g/mol. The second kappa shape index (κ2) is 7.49. The molecule has 0 atom stereocenters. The summed E-state index contributed by atoms with van der Waals surface area (Å²) in [6.45, 7) is 1.06. The lowest BCUT2D eigenvalue weighted by Crippen LogP contribution is -2.07. The van der Waals surface area contributed by atoms with Crippen LogP contribution in [0.3, 0.4) is 0 Å². The monoisotopic (exact) mass is 254 g/mol. The molecule has 0 aliphatic rings. The molecule has 19 heavy (non-hydrogen) atoms. The predicted molar refractivity (Wildman–Crippen MR) is 75.9 cm³/mol. The molecule has 98 valence electrons. The molecule has 0 saturated carbocycles. The fourth-order valence-electron chi connectivity index (χ4n) is 1.86. The number of hydrogen-bond donors (Lipinski definition) is 0. The van der Waals surface area contributed by atoms with Crippen molar-refractivity contribution in [1.82, 2.24) is 0 Å². The molecule has 0 aromatic heterocycles. The Bertz CT molecular complexity index is 491. The van der Waals surface area contributed by atoms with Gasteiger partial charge >= 0.3 is 0 Å². The third-order valence-electron chi connectivity index (χ3n) is 2.88. The van der Waals surface area contributed by atoms with E-state index in [1.54, 1.807) is 0 Å². The highest BCUT2D eigenvalue weighted by atomic mass is 16.5. The third-order valence-corrected chi connectivity index (χ3v) is 2.88. The van der Waals surface area contributed by atoms with E-state index < -0.39 is 0 Å². The molecule has 2 aromatic rings. The van der Waals surface area contributed by atoms with Gasteiger partial charge in [-0.1, -0.05) is 60.7 Å². The van der Waals surface area contributed by atoms with Crippen molar-refractivity contribution in [2.45, 2.75) is 19.4 Å². The van der Waals surface area contributed by atoms with Gasteiger partial charge in [0.15, 0.2) is 0 Å². The van der Waals surface area contributed by atoms with Crippen molar-refractivity contribution in [1.29, 1.82) is 0 Å². The Hall–Kier alpha value is -1.93. The van der Waals surface area contributed by atoms with Crippen LogP contribution in [0, 0.1) is 0 Å². The zero-order valence-corrected chi connectivity index (χ0v) is 10.9. The molecule has 2 heteroatoms. The summed E-state index contributed by atoms with van der Waals surface area (Å²) in [7, 11) is 0. The van der Waals surface area contributed by atoms with Crippen LogP contribution in [0.25, 0.3) is 0 Å². The Morgan fingerprint density at radius 1 is 0.842 bits per heavy atom. The van der Waals surface area contributed by atoms with E-state index in [4.69, 9.17) is 4.74 Å². The molecule has 0 aliphatic heterocycles. The number of carbonyl (C=O) groups is 1. The Morgan fingerprint density at radius 2 is 1.42 bits per heavy atom. The normalized spacial score (nSPS) is 10.3. The summed E-state index contributed by atoms with van der Waals surface area (Å²) in [5.41, 5.74) is 2.20. The van der Waals surface area contributed by atoms with Crippen molar-refractivity contribution in [2.24, 2.45) is 0 Å². The lowest BCUT2D eigenvalue weighted by molar-refractivity contribution is -0.119. The minimum atomic E-state index is 0.222. The molecule has 2 rings (SSSR count). The highest BCUT2D eigenvalue weighted by Gasteiger charge is 2.03. The summed E-state index contributed by atoms with van der Waals surface area (Å²) in [5, 5.41) is 0. The van der Waals surface area contributed by atoms with Crippen molar-refractivity contribution in [3.05, 3.63) is 71.8 Å². The number of ether oxygens (including phenoxy) is 1. The van der Waals surface area contributed by atoms with Crippen molar-refractivity contribution in [3.8, 4) is 0 Å².